The molecule has 3 heterocycles. The molecule has 1 aliphatic carbocycles. The minimum atomic E-state index is 0.554. The summed E-state index contributed by atoms with van der Waals surface area (Å²) in [6, 6.07) is 3.81. The summed E-state index contributed by atoms with van der Waals surface area (Å²) in [7, 11) is 0. The van der Waals surface area contributed by atoms with Crippen molar-refractivity contribution >= 4 is 0 Å². The predicted molar refractivity (Wildman–Crippen MR) is 91.2 cm³/mol. The van der Waals surface area contributed by atoms with Gasteiger partial charge in [-0.1, -0.05) is 12.8 Å². The largest absolute Gasteiger partial charge is 0.419 e. The van der Waals surface area contributed by atoms with Gasteiger partial charge in [0.05, 0.1) is 12.1 Å². The average Bonchev–Trinajstić information content (AvgIpc) is 3.29. The zero-order chi connectivity index (χ0) is 16.2. The van der Waals surface area contributed by atoms with E-state index in [-0.39, 0.29) is 0 Å². The lowest BCUT2D eigenvalue weighted by Gasteiger charge is -2.35. The van der Waals surface area contributed by atoms with Crippen LogP contribution >= 0.6 is 0 Å². The van der Waals surface area contributed by atoms with Crippen LogP contribution in [0.15, 0.2) is 28.9 Å². The van der Waals surface area contributed by atoms with Gasteiger partial charge in [-0.3, -0.25) is 9.88 Å². The van der Waals surface area contributed by atoms with Crippen LogP contribution in [0, 0.1) is 5.92 Å². The molecule has 2 aromatic heterocycles. The summed E-state index contributed by atoms with van der Waals surface area (Å²) >= 11 is 0. The normalized spacial score (nSPS) is 20.7. The van der Waals surface area contributed by atoms with Gasteiger partial charge in [0.1, 0.15) is 0 Å². The molecule has 0 bridgehead atoms. The molecule has 128 valence electrons. The zero-order valence-electron chi connectivity index (χ0n) is 14.1. The number of pyridine rings is 1. The van der Waals surface area contributed by atoms with Gasteiger partial charge in [-0.2, -0.15) is 0 Å². The van der Waals surface area contributed by atoms with Crippen LogP contribution in [0.4, 0.5) is 0 Å². The SMILES string of the molecule is c1cncc(-c2nnc(CN3CCN(CC4CCCC4)CC3)o2)c1. The van der Waals surface area contributed by atoms with Crippen LogP contribution in [0.3, 0.4) is 0 Å². The molecule has 0 amide bonds. The molecule has 6 nitrogen and oxygen atoms in total. The molecule has 0 atom stereocenters. The molecule has 1 aliphatic heterocycles. The number of hydrogen-bond acceptors (Lipinski definition) is 6. The number of piperazine rings is 1. The van der Waals surface area contributed by atoms with E-state index in [9.17, 15) is 0 Å². The molecular formula is C18H25N5O. The quantitative estimate of drug-likeness (QED) is 0.841. The van der Waals surface area contributed by atoms with Crippen molar-refractivity contribution in [3.8, 4) is 11.5 Å². The smallest absolute Gasteiger partial charge is 0.249 e. The molecule has 1 saturated carbocycles. The van der Waals surface area contributed by atoms with Crippen molar-refractivity contribution < 1.29 is 4.42 Å². The Kier molecular flexibility index (Phi) is 4.85. The Labute approximate surface area is 142 Å². The molecule has 0 radical (unpaired) electrons. The highest BCUT2D eigenvalue weighted by Gasteiger charge is 2.23. The van der Waals surface area contributed by atoms with Crippen molar-refractivity contribution in [2.24, 2.45) is 5.92 Å². The molecule has 6 heteroatoms. The monoisotopic (exact) mass is 327 g/mol. The Balaban J connectivity index is 1.27. The van der Waals surface area contributed by atoms with Gasteiger partial charge in [-0.25, -0.2) is 0 Å². The van der Waals surface area contributed by atoms with Crippen molar-refractivity contribution in [2.45, 2.75) is 32.2 Å². The molecule has 2 aromatic rings. The average molecular weight is 327 g/mol. The van der Waals surface area contributed by atoms with Crippen LogP contribution < -0.4 is 0 Å². The second kappa shape index (κ2) is 7.40. The highest BCUT2D eigenvalue weighted by Crippen LogP contribution is 2.26. The third kappa shape index (κ3) is 3.82. The Morgan fingerprint density at radius 3 is 2.58 bits per heavy atom. The summed E-state index contributed by atoms with van der Waals surface area (Å²) in [4.78, 5) is 9.13. The summed E-state index contributed by atoms with van der Waals surface area (Å²) in [6.07, 6.45) is 9.21. The Hall–Kier alpha value is -1.79. The van der Waals surface area contributed by atoms with Gasteiger partial charge in [-0.15, -0.1) is 10.2 Å². The third-order valence-corrected chi connectivity index (χ3v) is 5.19. The fourth-order valence-corrected chi connectivity index (χ4v) is 3.80. The summed E-state index contributed by atoms with van der Waals surface area (Å²) in [5, 5.41) is 8.33. The van der Waals surface area contributed by atoms with Gasteiger partial charge in [0.25, 0.3) is 0 Å². The first-order valence-corrected chi connectivity index (χ1v) is 9.04. The van der Waals surface area contributed by atoms with Crippen molar-refractivity contribution in [3.63, 3.8) is 0 Å². The van der Waals surface area contributed by atoms with Gasteiger partial charge in [-0.05, 0) is 30.9 Å². The van der Waals surface area contributed by atoms with E-state index in [2.05, 4.69) is 25.0 Å². The van der Waals surface area contributed by atoms with Crippen molar-refractivity contribution in [1.82, 2.24) is 25.0 Å². The first-order valence-electron chi connectivity index (χ1n) is 9.04. The van der Waals surface area contributed by atoms with Gasteiger partial charge >= 0.3 is 0 Å². The van der Waals surface area contributed by atoms with E-state index in [0.29, 0.717) is 11.8 Å². The lowest BCUT2D eigenvalue weighted by molar-refractivity contribution is 0.107. The van der Waals surface area contributed by atoms with Gasteiger partial charge in [0.2, 0.25) is 11.8 Å². The van der Waals surface area contributed by atoms with Crippen LogP contribution in [-0.2, 0) is 6.54 Å². The molecule has 4 rings (SSSR count). The number of rotatable bonds is 5. The first kappa shape index (κ1) is 15.7. The van der Waals surface area contributed by atoms with Crippen molar-refractivity contribution in [2.75, 3.05) is 32.7 Å². The van der Waals surface area contributed by atoms with E-state index >= 15 is 0 Å². The maximum absolute atomic E-state index is 5.79. The highest BCUT2D eigenvalue weighted by atomic mass is 16.4. The fraction of sp³-hybridized carbons (Fsp3) is 0.611. The second-order valence-corrected chi connectivity index (χ2v) is 6.97. The third-order valence-electron chi connectivity index (χ3n) is 5.19. The lowest BCUT2D eigenvalue weighted by Crippen LogP contribution is -2.47. The maximum Gasteiger partial charge on any atom is 0.249 e. The topological polar surface area (TPSA) is 58.3 Å². The minimum absolute atomic E-state index is 0.554. The van der Waals surface area contributed by atoms with Gasteiger partial charge in [0, 0.05) is 45.1 Å². The van der Waals surface area contributed by atoms with Gasteiger partial charge in [0.15, 0.2) is 0 Å². The molecule has 0 spiro atoms. The van der Waals surface area contributed by atoms with Crippen LogP contribution in [0.1, 0.15) is 31.6 Å². The van der Waals surface area contributed by atoms with E-state index in [0.717, 1.165) is 44.2 Å². The minimum Gasteiger partial charge on any atom is -0.419 e. The van der Waals surface area contributed by atoms with E-state index in [1.54, 1.807) is 12.4 Å². The van der Waals surface area contributed by atoms with Crippen molar-refractivity contribution in [3.05, 3.63) is 30.4 Å². The maximum atomic E-state index is 5.79. The van der Waals surface area contributed by atoms with E-state index in [1.165, 1.54) is 32.2 Å². The molecule has 1 saturated heterocycles. The highest BCUT2D eigenvalue weighted by molar-refractivity contribution is 5.49. The summed E-state index contributed by atoms with van der Waals surface area (Å²) < 4.78 is 5.79. The van der Waals surface area contributed by atoms with Crippen LogP contribution in [-0.4, -0.2) is 57.7 Å². The Morgan fingerprint density at radius 2 is 1.83 bits per heavy atom. The number of nitrogens with zero attached hydrogens (tertiary/aromatic N) is 5. The van der Waals surface area contributed by atoms with Crippen molar-refractivity contribution in [1.29, 1.82) is 0 Å². The summed E-state index contributed by atoms with van der Waals surface area (Å²) in [5.74, 6) is 2.19. The van der Waals surface area contributed by atoms with Crippen LogP contribution in [0.5, 0.6) is 0 Å². The first-order chi connectivity index (χ1) is 11.9. The van der Waals surface area contributed by atoms with E-state index < -0.39 is 0 Å². The second-order valence-electron chi connectivity index (χ2n) is 6.97. The Bertz CT molecular complexity index is 630. The fourth-order valence-electron chi connectivity index (χ4n) is 3.80. The molecule has 24 heavy (non-hydrogen) atoms. The molecule has 0 aromatic carbocycles. The Morgan fingerprint density at radius 1 is 1.04 bits per heavy atom. The van der Waals surface area contributed by atoms with Gasteiger partial charge < -0.3 is 9.32 Å². The molecule has 2 aliphatic rings. The predicted octanol–water partition coefficient (Wildman–Crippen LogP) is 2.44. The molecule has 0 N–H and O–H groups in total. The van der Waals surface area contributed by atoms with Crippen LogP contribution in [0.2, 0.25) is 0 Å². The van der Waals surface area contributed by atoms with E-state index in [1.807, 2.05) is 12.1 Å². The molecule has 0 unspecified atom stereocenters. The molecular weight excluding hydrogens is 302 g/mol. The standard InChI is InChI=1S/C18H25N5O/c1-2-5-15(4-1)13-22-8-10-23(11-9-22)14-17-20-21-18(24-17)16-6-3-7-19-12-16/h3,6-7,12,15H,1-2,4-5,8-11,13-14H2. The number of hydrogen-bond donors (Lipinski definition) is 0. The molecule has 2 fully saturated rings. The zero-order valence-corrected chi connectivity index (χ0v) is 14.1. The van der Waals surface area contributed by atoms with Crippen LogP contribution in [0.25, 0.3) is 11.5 Å². The number of aromatic nitrogens is 3. The lowest BCUT2D eigenvalue weighted by atomic mass is 10.1. The summed E-state index contributed by atoms with van der Waals surface area (Å²) in [5.41, 5.74) is 0.873. The summed E-state index contributed by atoms with van der Waals surface area (Å²) in [6.45, 7) is 6.50. The van der Waals surface area contributed by atoms with E-state index in [4.69, 9.17) is 4.42 Å².